The molecule has 0 unspecified atom stereocenters. The Morgan fingerprint density at radius 3 is 2.58 bits per heavy atom. The predicted molar refractivity (Wildman–Crippen MR) is 132 cm³/mol. The number of carbonyl (C=O) groups excluding carboxylic acids is 1. The molecule has 0 saturated carbocycles. The Morgan fingerprint density at radius 2 is 1.94 bits per heavy atom. The second-order valence-corrected chi connectivity index (χ2v) is 9.63. The van der Waals surface area contributed by atoms with E-state index in [9.17, 15) is 4.79 Å². The second kappa shape index (κ2) is 8.87. The molecule has 3 rings (SSSR count). The lowest BCUT2D eigenvalue weighted by atomic mass is 9.86. The quantitative estimate of drug-likeness (QED) is 0.422. The van der Waals surface area contributed by atoms with Crippen molar-refractivity contribution in [2.75, 3.05) is 12.0 Å². The number of rotatable bonds is 5. The van der Waals surface area contributed by atoms with Crippen LogP contribution in [0.5, 0.6) is 5.75 Å². The summed E-state index contributed by atoms with van der Waals surface area (Å²) in [5, 5.41) is 4.21. The highest BCUT2D eigenvalue weighted by atomic mass is 79.9. The van der Waals surface area contributed by atoms with Gasteiger partial charge in [-0.1, -0.05) is 22.0 Å². The van der Waals surface area contributed by atoms with Crippen LogP contribution >= 0.6 is 15.9 Å². The topological polar surface area (TPSA) is 53.9 Å². The zero-order valence-corrected chi connectivity index (χ0v) is 20.8. The molecule has 0 aliphatic carbocycles. The number of methoxy groups -OCH3 is 1. The summed E-state index contributed by atoms with van der Waals surface area (Å²) in [6.07, 6.45) is 4.01. The van der Waals surface area contributed by atoms with Crippen LogP contribution in [0, 0.1) is 6.92 Å². The van der Waals surface area contributed by atoms with E-state index in [1.54, 1.807) is 18.3 Å². The molecule has 0 spiro atoms. The van der Waals surface area contributed by atoms with Crippen molar-refractivity contribution < 1.29 is 9.53 Å². The van der Waals surface area contributed by atoms with Gasteiger partial charge < -0.3 is 9.64 Å². The van der Waals surface area contributed by atoms with Gasteiger partial charge >= 0.3 is 0 Å². The first-order chi connectivity index (χ1) is 14.5. The fraction of sp³-hybridized carbons (Fsp3) is 0.360. The Bertz CT molecular complexity index is 1070. The van der Waals surface area contributed by atoms with Crippen LogP contribution in [-0.4, -0.2) is 30.8 Å². The molecular weight excluding hydrogens is 454 g/mol. The zero-order chi connectivity index (χ0) is 22.9. The Kier molecular flexibility index (Phi) is 6.60. The van der Waals surface area contributed by atoms with E-state index in [0.717, 1.165) is 15.6 Å². The summed E-state index contributed by atoms with van der Waals surface area (Å²) in [5.41, 5.74) is 8.73. The lowest BCUT2D eigenvalue weighted by molar-refractivity contribution is 0.0952. The normalized spacial score (nSPS) is 15.1. The van der Waals surface area contributed by atoms with Crippen LogP contribution in [0.15, 0.2) is 46.0 Å². The van der Waals surface area contributed by atoms with E-state index in [1.165, 1.54) is 23.9 Å². The van der Waals surface area contributed by atoms with Gasteiger partial charge in [-0.15, -0.1) is 0 Å². The molecule has 1 heterocycles. The Hall–Kier alpha value is -2.60. The number of aryl methyl sites for hydroxylation is 1. The van der Waals surface area contributed by atoms with Gasteiger partial charge in [-0.25, -0.2) is 5.43 Å². The molecule has 0 aromatic heterocycles. The van der Waals surface area contributed by atoms with E-state index < -0.39 is 0 Å². The minimum atomic E-state index is -0.325. The lowest BCUT2D eigenvalue weighted by Crippen LogP contribution is -2.49. The molecule has 0 atom stereocenters. The second-order valence-electron chi connectivity index (χ2n) is 8.71. The van der Waals surface area contributed by atoms with Gasteiger partial charge in [0.2, 0.25) is 0 Å². The highest BCUT2D eigenvalue weighted by Crippen LogP contribution is 2.41. The zero-order valence-electron chi connectivity index (χ0n) is 19.2. The summed E-state index contributed by atoms with van der Waals surface area (Å²) in [7, 11) is 1.54. The first-order valence-corrected chi connectivity index (χ1v) is 11.1. The molecule has 0 fully saturated rings. The fourth-order valence-electron chi connectivity index (χ4n) is 4.37. The third kappa shape index (κ3) is 4.69. The van der Waals surface area contributed by atoms with Crippen LogP contribution in [0.3, 0.4) is 0 Å². The first kappa shape index (κ1) is 23.1. The SMILES string of the molecule is COc1ccc(Br)cc1C(=O)N/N=C\c1cc2c(cc1C)N(C(C)C)C(C)(C)C=C2C. The van der Waals surface area contributed by atoms with Crippen molar-refractivity contribution in [3.8, 4) is 5.75 Å². The van der Waals surface area contributed by atoms with E-state index in [4.69, 9.17) is 4.74 Å². The van der Waals surface area contributed by atoms with Gasteiger partial charge in [0.1, 0.15) is 5.75 Å². The molecule has 1 N–H and O–H groups in total. The summed E-state index contributed by atoms with van der Waals surface area (Å²) in [6, 6.07) is 10.0. The van der Waals surface area contributed by atoms with Crippen molar-refractivity contribution in [2.24, 2.45) is 5.10 Å². The fourth-order valence-corrected chi connectivity index (χ4v) is 4.73. The minimum Gasteiger partial charge on any atom is -0.496 e. The molecule has 1 aliphatic rings. The van der Waals surface area contributed by atoms with Crippen LogP contribution in [0.4, 0.5) is 5.69 Å². The standard InChI is InChI=1S/C25H30BrN3O2/c1-15(2)29-22-10-16(3)18(11-20(22)17(4)13-25(29,5)6)14-27-28-24(30)21-12-19(26)8-9-23(21)31-7/h8-15H,1-7H3,(H,28,30)/b27-14-. The maximum Gasteiger partial charge on any atom is 0.275 e. The van der Waals surface area contributed by atoms with E-state index >= 15 is 0 Å². The Labute approximate surface area is 193 Å². The first-order valence-electron chi connectivity index (χ1n) is 10.4. The number of fused-ring (bicyclic) bond motifs is 1. The number of hydrogen-bond acceptors (Lipinski definition) is 4. The van der Waals surface area contributed by atoms with Crippen molar-refractivity contribution in [1.82, 2.24) is 5.43 Å². The summed E-state index contributed by atoms with van der Waals surface area (Å²) in [4.78, 5) is 15.0. The third-order valence-electron chi connectivity index (χ3n) is 5.55. The van der Waals surface area contributed by atoms with Gasteiger partial charge in [0.15, 0.2) is 0 Å². The average molecular weight is 484 g/mol. The van der Waals surface area contributed by atoms with Gasteiger partial charge in [0.25, 0.3) is 5.91 Å². The molecule has 31 heavy (non-hydrogen) atoms. The van der Waals surface area contributed by atoms with E-state index in [2.05, 4.69) is 91.1 Å². The van der Waals surface area contributed by atoms with Crippen LogP contribution in [0.25, 0.3) is 5.57 Å². The van der Waals surface area contributed by atoms with Crippen molar-refractivity contribution in [3.05, 3.63) is 63.1 Å². The highest BCUT2D eigenvalue weighted by molar-refractivity contribution is 9.10. The highest BCUT2D eigenvalue weighted by Gasteiger charge is 2.33. The molecular formula is C25H30BrN3O2. The number of benzene rings is 2. The Balaban J connectivity index is 1.89. The number of ether oxygens (including phenoxy) is 1. The van der Waals surface area contributed by atoms with Crippen molar-refractivity contribution in [3.63, 3.8) is 0 Å². The predicted octanol–water partition coefficient (Wildman–Crippen LogP) is 5.94. The van der Waals surface area contributed by atoms with Crippen molar-refractivity contribution in [1.29, 1.82) is 0 Å². The van der Waals surface area contributed by atoms with Crippen molar-refractivity contribution in [2.45, 2.75) is 53.1 Å². The number of anilines is 1. The largest absolute Gasteiger partial charge is 0.496 e. The van der Waals surface area contributed by atoms with Gasteiger partial charge in [0.05, 0.1) is 24.4 Å². The number of carbonyl (C=O) groups is 1. The van der Waals surface area contributed by atoms with Crippen LogP contribution in [-0.2, 0) is 0 Å². The lowest BCUT2D eigenvalue weighted by Gasteiger charge is -2.46. The average Bonchev–Trinajstić information content (AvgIpc) is 2.67. The third-order valence-corrected chi connectivity index (χ3v) is 6.04. The van der Waals surface area contributed by atoms with E-state index in [1.807, 2.05) is 6.07 Å². The number of nitrogens with one attached hydrogen (secondary N) is 1. The number of hydrazone groups is 1. The Morgan fingerprint density at radius 1 is 1.23 bits per heavy atom. The van der Waals surface area contributed by atoms with Gasteiger partial charge in [-0.3, -0.25) is 4.79 Å². The maximum atomic E-state index is 12.6. The summed E-state index contributed by atoms with van der Waals surface area (Å²) in [6.45, 7) is 13.1. The van der Waals surface area contributed by atoms with Gasteiger partial charge in [0, 0.05) is 21.8 Å². The summed E-state index contributed by atoms with van der Waals surface area (Å²) < 4.78 is 6.08. The minimum absolute atomic E-state index is 0.0513. The molecule has 5 nitrogen and oxygen atoms in total. The molecule has 2 aromatic rings. The number of nitrogens with zero attached hydrogens (tertiary/aromatic N) is 2. The number of hydrogen-bond donors (Lipinski definition) is 1. The summed E-state index contributed by atoms with van der Waals surface area (Å²) >= 11 is 3.39. The molecule has 6 heteroatoms. The van der Waals surface area contributed by atoms with Crippen LogP contribution < -0.4 is 15.1 Å². The van der Waals surface area contributed by atoms with Gasteiger partial charge in [-0.2, -0.15) is 5.10 Å². The molecule has 0 radical (unpaired) electrons. The summed E-state index contributed by atoms with van der Waals surface area (Å²) in [5.74, 6) is 0.173. The smallest absolute Gasteiger partial charge is 0.275 e. The van der Waals surface area contributed by atoms with E-state index in [0.29, 0.717) is 17.4 Å². The molecule has 0 bridgehead atoms. The maximum absolute atomic E-state index is 12.6. The number of halogens is 1. The number of amides is 1. The van der Waals surface area contributed by atoms with Crippen LogP contribution in [0.2, 0.25) is 0 Å². The molecule has 1 aliphatic heterocycles. The number of allylic oxidation sites excluding steroid dienone is 1. The monoisotopic (exact) mass is 483 g/mol. The molecule has 164 valence electrons. The van der Waals surface area contributed by atoms with Crippen molar-refractivity contribution >= 4 is 39.3 Å². The molecule has 0 saturated heterocycles. The van der Waals surface area contributed by atoms with Crippen LogP contribution in [0.1, 0.15) is 61.7 Å². The van der Waals surface area contributed by atoms with Gasteiger partial charge in [-0.05, 0) is 88.6 Å². The molecule has 2 aromatic carbocycles. The van der Waals surface area contributed by atoms with E-state index in [-0.39, 0.29) is 11.4 Å². The molecule has 1 amide bonds.